The summed E-state index contributed by atoms with van der Waals surface area (Å²) >= 11 is 0. The summed E-state index contributed by atoms with van der Waals surface area (Å²) in [6.07, 6.45) is -0.528. The van der Waals surface area contributed by atoms with Crippen molar-refractivity contribution < 1.29 is 14.3 Å². The average Bonchev–Trinajstić information content (AvgIpc) is 2.65. The smallest absolute Gasteiger partial charge is 0.407 e. The lowest BCUT2D eigenvalue weighted by molar-refractivity contribution is 0.141. The summed E-state index contributed by atoms with van der Waals surface area (Å²) in [6, 6.07) is 7.48. The summed E-state index contributed by atoms with van der Waals surface area (Å²) in [4.78, 5) is 10.8. The van der Waals surface area contributed by atoms with Crippen LogP contribution in [0.4, 0.5) is 4.79 Å². The number of amides is 1. The number of alkyl carbamates (subject to hydrolysis) is 1. The molecule has 0 spiro atoms. The Hall–Kier alpha value is -1.71. The molecule has 1 fully saturated rings. The largest absolute Gasteiger partial charge is 0.497 e. The van der Waals surface area contributed by atoms with Crippen molar-refractivity contribution >= 4 is 6.09 Å². The number of nitrogens with one attached hydrogen (secondary N) is 1. The summed E-state index contributed by atoms with van der Waals surface area (Å²) < 4.78 is 10.1. The molecule has 0 aromatic heterocycles. The third-order valence-electron chi connectivity index (χ3n) is 2.17. The van der Waals surface area contributed by atoms with E-state index in [1.54, 1.807) is 7.11 Å². The lowest BCUT2D eigenvalue weighted by Gasteiger charge is -2.08. The topological polar surface area (TPSA) is 47.6 Å². The van der Waals surface area contributed by atoms with Gasteiger partial charge < -0.3 is 14.8 Å². The van der Waals surface area contributed by atoms with Crippen LogP contribution < -0.4 is 10.1 Å². The van der Waals surface area contributed by atoms with Crippen LogP contribution in [0.15, 0.2) is 24.3 Å². The van der Waals surface area contributed by atoms with Gasteiger partial charge in [0.2, 0.25) is 0 Å². The molecule has 2 rings (SSSR count). The van der Waals surface area contributed by atoms with Crippen LogP contribution in [-0.4, -0.2) is 19.7 Å². The Morgan fingerprint density at radius 2 is 2.14 bits per heavy atom. The second kappa shape index (κ2) is 3.57. The normalized spacial score (nSPS) is 20.1. The van der Waals surface area contributed by atoms with Gasteiger partial charge in [0.15, 0.2) is 0 Å². The Morgan fingerprint density at radius 3 is 2.64 bits per heavy atom. The summed E-state index contributed by atoms with van der Waals surface area (Å²) in [6.45, 7) is 0.533. The van der Waals surface area contributed by atoms with Gasteiger partial charge in [-0.05, 0) is 17.7 Å². The van der Waals surface area contributed by atoms with Crippen LogP contribution in [0.25, 0.3) is 0 Å². The van der Waals surface area contributed by atoms with Crippen molar-refractivity contribution in [3.8, 4) is 5.75 Å². The van der Waals surface area contributed by atoms with Gasteiger partial charge in [-0.2, -0.15) is 0 Å². The van der Waals surface area contributed by atoms with Crippen LogP contribution >= 0.6 is 0 Å². The maximum absolute atomic E-state index is 10.8. The maximum Gasteiger partial charge on any atom is 0.407 e. The van der Waals surface area contributed by atoms with E-state index < -0.39 is 0 Å². The lowest BCUT2D eigenvalue weighted by atomic mass is 10.1. The second-order valence-corrected chi connectivity index (χ2v) is 3.05. The standard InChI is InChI=1S/C10H11NO3/c1-13-8-4-2-7(3-5-8)9-6-11-10(12)14-9/h2-5,9H,6H2,1H3,(H,11,12). The van der Waals surface area contributed by atoms with E-state index in [0.717, 1.165) is 11.3 Å². The van der Waals surface area contributed by atoms with Crippen molar-refractivity contribution in [3.05, 3.63) is 29.8 Å². The van der Waals surface area contributed by atoms with Gasteiger partial charge in [-0.1, -0.05) is 12.1 Å². The van der Waals surface area contributed by atoms with E-state index in [1.165, 1.54) is 0 Å². The molecule has 74 valence electrons. The predicted octanol–water partition coefficient (Wildman–Crippen LogP) is 1.48. The molecule has 1 aliphatic heterocycles. The zero-order valence-corrected chi connectivity index (χ0v) is 7.82. The Bertz CT molecular complexity index is 334. The molecule has 1 amide bonds. The molecule has 1 N–H and O–H groups in total. The van der Waals surface area contributed by atoms with Crippen LogP contribution in [-0.2, 0) is 4.74 Å². The molecule has 1 aromatic carbocycles. The zero-order chi connectivity index (χ0) is 9.97. The first-order chi connectivity index (χ1) is 6.79. The highest BCUT2D eigenvalue weighted by atomic mass is 16.6. The van der Waals surface area contributed by atoms with E-state index in [4.69, 9.17) is 9.47 Å². The molecule has 1 unspecified atom stereocenters. The highest BCUT2D eigenvalue weighted by molar-refractivity contribution is 5.69. The summed E-state index contributed by atoms with van der Waals surface area (Å²) in [5, 5.41) is 2.60. The predicted molar refractivity (Wildman–Crippen MR) is 50.2 cm³/mol. The summed E-state index contributed by atoms with van der Waals surface area (Å²) in [7, 11) is 1.62. The van der Waals surface area contributed by atoms with Gasteiger partial charge in [0.05, 0.1) is 13.7 Å². The van der Waals surface area contributed by atoms with Crippen molar-refractivity contribution in [2.24, 2.45) is 0 Å². The number of carbonyl (C=O) groups excluding carboxylic acids is 1. The van der Waals surface area contributed by atoms with Crippen LogP contribution in [0.1, 0.15) is 11.7 Å². The van der Waals surface area contributed by atoms with Gasteiger partial charge in [-0.25, -0.2) is 4.79 Å². The Morgan fingerprint density at radius 1 is 1.43 bits per heavy atom. The number of carbonyl (C=O) groups is 1. The van der Waals surface area contributed by atoms with Crippen molar-refractivity contribution in [2.75, 3.05) is 13.7 Å². The van der Waals surface area contributed by atoms with Crippen LogP contribution in [0.5, 0.6) is 5.75 Å². The van der Waals surface area contributed by atoms with Gasteiger partial charge in [0, 0.05) is 0 Å². The minimum atomic E-state index is -0.356. The zero-order valence-electron chi connectivity index (χ0n) is 7.82. The van der Waals surface area contributed by atoms with Crippen molar-refractivity contribution in [1.29, 1.82) is 0 Å². The summed E-state index contributed by atoms with van der Waals surface area (Å²) in [5.74, 6) is 0.797. The molecule has 4 heteroatoms. The van der Waals surface area contributed by atoms with E-state index in [9.17, 15) is 4.79 Å². The van der Waals surface area contributed by atoms with Crippen LogP contribution in [0.2, 0.25) is 0 Å². The number of cyclic esters (lactones) is 1. The number of hydrogen-bond donors (Lipinski definition) is 1. The second-order valence-electron chi connectivity index (χ2n) is 3.05. The molecule has 1 aromatic rings. The average molecular weight is 193 g/mol. The SMILES string of the molecule is COc1ccc(C2CNC(=O)O2)cc1. The Balaban J connectivity index is 2.13. The molecule has 1 atom stereocenters. The van der Waals surface area contributed by atoms with Crippen molar-refractivity contribution in [3.63, 3.8) is 0 Å². The van der Waals surface area contributed by atoms with Crippen LogP contribution in [0, 0.1) is 0 Å². The quantitative estimate of drug-likeness (QED) is 0.773. The van der Waals surface area contributed by atoms with E-state index in [2.05, 4.69) is 5.32 Å². The monoisotopic (exact) mass is 193 g/mol. The molecular weight excluding hydrogens is 182 g/mol. The number of hydrogen-bond acceptors (Lipinski definition) is 3. The fourth-order valence-electron chi connectivity index (χ4n) is 1.39. The highest BCUT2D eigenvalue weighted by Gasteiger charge is 2.23. The van der Waals surface area contributed by atoms with Gasteiger partial charge in [-0.3, -0.25) is 0 Å². The van der Waals surface area contributed by atoms with E-state index in [0.29, 0.717) is 6.54 Å². The minimum absolute atomic E-state index is 0.173. The van der Waals surface area contributed by atoms with Crippen molar-refractivity contribution in [2.45, 2.75) is 6.10 Å². The molecule has 0 aliphatic carbocycles. The number of benzene rings is 1. The van der Waals surface area contributed by atoms with Gasteiger partial charge >= 0.3 is 6.09 Å². The third-order valence-corrected chi connectivity index (χ3v) is 2.17. The fraction of sp³-hybridized carbons (Fsp3) is 0.300. The number of methoxy groups -OCH3 is 1. The van der Waals surface area contributed by atoms with Crippen LogP contribution in [0.3, 0.4) is 0 Å². The molecule has 1 saturated heterocycles. The molecule has 0 radical (unpaired) electrons. The Labute approximate surface area is 81.8 Å². The van der Waals surface area contributed by atoms with E-state index in [-0.39, 0.29) is 12.2 Å². The molecule has 4 nitrogen and oxygen atoms in total. The number of rotatable bonds is 2. The first-order valence-corrected chi connectivity index (χ1v) is 4.38. The lowest BCUT2D eigenvalue weighted by Crippen LogP contribution is -2.12. The Kier molecular flexibility index (Phi) is 2.26. The van der Waals surface area contributed by atoms with E-state index >= 15 is 0 Å². The van der Waals surface area contributed by atoms with E-state index in [1.807, 2.05) is 24.3 Å². The first kappa shape index (κ1) is 8.87. The molecule has 0 saturated carbocycles. The molecule has 14 heavy (non-hydrogen) atoms. The third kappa shape index (κ3) is 1.64. The van der Waals surface area contributed by atoms with Crippen molar-refractivity contribution in [1.82, 2.24) is 5.32 Å². The van der Waals surface area contributed by atoms with Gasteiger partial charge in [0.25, 0.3) is 0 Å². The molecule has 0 bridgehead atoms. The molecule has 1 heterocycles. The highest BCUT2D eigenvalue weighted by Crippen LogP contribution is 2.22. The summed E-state index contributed by atoms with van der Waals surface area (Å²) in [5.41, 5.74) is 0.976. The fourth-order valence-corrected chi connectivity index (χ4v) is 1.39. The first-order valence-electron chi connectivity index (χ1n) is 4.38. The number of ether oxygens (including phenoxy) is 2. The molecular formula is C10H11NO3. The van der Waals surface area contributed by atoms with Gasteiger partial charge in [-0.15, -0.1) is 0 Å². The molecule has 1 aliphatic rings. The van der Waals surface area contributed by atoms with Gasteiger partial charge in [0.1, 0.15) is 11.9 Å². The maximum atomic E-state index is 10.8. The minimum Gasteiger partial charge on any atom is -0.497 e.